The molecule has 0 radical (unpaired) electrons. The fourth-order valence-electron chi connectivity index (χ4n) is 1.34. The van der Waals surface area contributed by atoms with Crippen molar-refractivity contribution in [1.29, 1.82) is 0 Å². The Kier molecular flexibility index (Phi) is 4.14. The van der Waals surface area contributed by atoms with Gasteiger partial charge in [-0.05, 0) is 23.6 Å². The fourth-order valence-corrected chi connectivity index (χ4v) is 1.98. The summed E-state index contributed by atoms with van der Waals surface area (Å²) in [5.41, 5.74) is 0.636. The van der Waals surface area contributed by atoms with E-state index in [2.05, 4.69) is 10.6 Å². The van der Waals surface area contributed by atoms with E-state index in [0.717, 1.165) is 0 Å². The molecule has 0 atom stereocenters. The van der Waals surface area contributed by atoms with Crippen LogP contribution in [0.3, 0.4) is 0 Å². The molecule has 0 aliphatic carbocycles. The summed E-state index contributed by atoms with van der Waals surface area (Å²) in [7, 11) is 0. The number of hydrogen-bond acceptors (Lipinski definition) is 4. The predicted octanol–water partition coefficient (Wildman–Crippen LogP) is 1.50. The van der Waals surface area contributed by atoms with Crippen molar-refractivity contribution in [2.24, 2.45) is 0 Å². The molecule has 0 fully saturated rings. The Morgan fingerprint density at radius 2 is 1.94 bits per heavy atom. The Labute approximate surface area is 108 Å². The first-order chi connectivity index (χ1) is 8.77. The van der Waals surface area contributed by atoms with Crippen molar-refractivity contribution in [1.82, 2.24) is 10.6 Å². The first-order valence-electron chi connectivity index (χ1n) is 5.39. The van der Waals surface area contributed by atoms with Gasteiger partial charge in [0.25, 0.3) is 11.8 Å². The van der Waals surface area contributed by atoms with Crippen molar-refractivity contribution in [3.8, 4) is 0 Å². The molecule has 94 valence electrons. The molecule has 2 amide bonds. The van der Waals surface area contributed by atoms with Crippen LogP contribution in [0.15, 0.2) is 39.6 Å². The molecular formula is C12H12N2O3S. The van der Waals surface area contributed by atoms with Gasteiger partial charge in [-0.15, -0.1) is 0 Å². The highest BCUT2D eigenvalue weighted by Gasteiger charge is 2.08. The highest BCUT2D eigenvalue weighted by Crippen LogP contribution is 2.04. The molecule has 2 aromatic rings. The number of hydrogen-bond donors (Lipinski definition) is 2. The largest absolute Gasteiger partial charge is 0.459 e. The summed E-state index contributed by atoms with van der Waals surface area (Å²) in [6.45, 7) is 0.733. The lowest BCUT2D eigenvalue weighted by atomic mass is 10.3. The number of nitrogens with one attached hydrogen (secondary N) is 2. The summed E-state index contributed by atoms with van der Waals surface area (Å²) in [5.74, 6) is -0.160. The molecule has 5 nitrogen and oxygen atoms in total. The Balaban J connectivity index is 1.67. The Bertz CT molecular complexity index is 457. The van der Waals surface area contributed by atoms with Crippen LogP contribution in [0.5, 0.6) is 0 Å². The van der Waals surface area contributed by atoms with Gasteiger partial charge in [0.2, 0.25) is 0 Å². The van der Waals surface area contributed by atoms with Gasteiger partial charge in [-0.1, -0.05) is 0 Å². The minimum absolute atomic E-state index is 0.136. The van der Waals surface area contributed by atoms with Gasteiger partial charge in [0.15, 0.2) is 5.76 Å². The summed E-state index contributed by atoms with van der Waals surface area (Å²) >= 11 is 1.47. The van der Waals surface area contributed by atoms with Crippen LogP contribution >= 0.6 is 11.3 Å². The van der Waals surface area contributed by atoms with Gasteiger partial charge < -0.3 is 15.1 Å². The van der Waals surface area contributed by atoms with Gasteiger partial charge in [0, 0.05) is 24.0 Å². The Hall–Kier alpha value is -2.08. The summed E-state index contributed by atoms with van der Waals surface area (Å²) in [4.78, 5) is 23.0. The number of thiophene rings is 1. The summed E-state index contributed by atoms with van der Waals surface area (Å²) in [5, 5.41) is 8.96. The molecule has 0 bridgehead atoms. The van der Waals surface area contributed by atoms with Crippen LogP contribution in [-0.4, -0.2) is 24.9 Å². The number of carbonyl (C=O) groups is 2. The van der Waals surface area contributed by atoms with Gasteiger partial charge in [-0.25, -0.2) is 0 Å². The average molecular weight is 264 g/mol. The number of carbonyl (C=O) groups excluding carboxylic acids is 2. The third-order valence-corrected chi connectivity index (χ3v) is 2.91. The lowest BCUT2D eigenvalue weighted by molar-refractivity contribution is 0.0911. The van der Waals surface area contributed by atoms with E-state index in [1.165, 1.54) is 17.6 Å². The maximum absolute atomic E-state index is 11.5. The number of furan rings is 1. The molecule has 0 aliphatic heterocycles. The van der Waals surface area contributed by atoms with Crippen molar-refractivity contribution in [2.45, 2.75) is 0 Å². The third-order valence-electron chi connectivity index (χ3n) is 2.22. The first kappa shape index (κ1) is 12.4. The third kappa shape index (κ3) is 3.21. The lowest BCUT2D eigenvalue weighted by Gasteiger charge is -2.04. The molecule has 0 saturated carbocycles. The van der Waals surface area contributed by atoms with Crippen LogP contribution < -0.4 is 10.6 Å². The van der Waals surface area contributed by atoms with E-state index >= 15 is 0 Å². The van der Waals surface area contributed by atoms with Gasteiger partial charge in [0.05, 0.1) is 6.26 Å². The van der Waals surface area contributed by atoms with Crippen LogP contribution in [0.25, 0.3) is 0 Å². The van der Waals surface area contributed by atoms with Gasteiger partial charge in [0.1, 0.15) is 0 Å². The standard InChI is InChI=1S/C12H12N2O3S/c15-11(9-3-7-18-8-9)13-4-5-14-12(16)10-2-1-6-17-10/h1-3,6-8H,4-5H2,(H,13,15)(H,14,16). The lowest BCUT2D eigenvalue weighted by Crippen LogP contribution is -2.34. The molecule has 6 heteroatoms. The van der Waals surface area contributed by atoms with Crippen molar-refractivity contribution >= 4 is 23.2 Å². The van der Waals surface area contributed by atoms with Crippen LogP contribution in [0, 0.1) is 0 Å². The number of amides is 2. The summed E-state index contributed by atoms with van der Waals surface area (Å²) in [6.07, 6.45) is 1.44. The molecule has 2 N–H and O–H groups in total. The van der Waals surface area contributed by atoms with E-state index in [1.54, 1.807) is 23.6 Å². The van der Waals surface area contributed by atoms with Crippen molar-refractivity contribution in [2.75, 3.05) is 13.1 Å². The van der Waals surface area contributed by atoms with Crippen LogP contribution in [0.2, 0.25) is 0 Å². The molecule has 2 rings (SSSR count). The second kappa shape index (κ2) is 6.02. The van der Waals surface area contributed by atoms with Crippen LogP contribution in [-0.2, 0) is 0 Å². The predicted molar refractivity (Wildman–Crippen MR) is 67.7 cm³/mol. The van der Waals surface area contributed by atoms with Crippen LogP contribution in [0.4, 0.5) is 0 Å². The van der Waals surface area contributed by atoms with E-state index in [1.807, 2.05) is 5.38 Å². The first-order valence-corrected chi connectivity index (χ1v) is 6.34. The van der Waals surface area contributed by atoms with Gasteiger partial charge in [-0.2, -0.15) is 11.3 Å². The molecule has 0 aromatic carbocycles. The molecule has 18 heavy (non-hydrogen) atoms. The Morgan fingerprint density at radius 1 is 1.17 bits per heavy atom. The molecule has 2 heterocycles. The van der Waals surface area contributed by atoms with Crippen molar-refractivity contribution < 1.29 is 14.0 Å². The monoisotopic (exact) mass is 264 g/mol. The maximum Gasteiger partial charge on any atom is 0.287 e. The van der Waals surface area contributed by atoms with Crippen LogP contribution in [0.1, 0.15) is 20.9 Å². The van der Waals surface area contributed by atoms with E-state index < -0.39 is 0 Å². The highest BCUT2D eigenvalue weighted by molar-refractivity contribution is 7.08. The molecular weight excluding hydrogens is 252 g/mol. The fraction of sp³-hybridized carbons (Fsp3) is 0.167. The van der Waals surface area contributed by atoms with Gasteiger partial charge in [-0.3, -0.25) is 9.59 Å². The van der Waals surface area contributed by atoms with E-state index in [0.29, 0.717) is 18.7 Å². The zero-order valence-electron chi connectivity index (χ0n) is 9.51. The maximum atomic E-state index is 11.5. The highest BCUT2D eigenvalue weighted by atomic mass is 32.1. The summed E-state index contributed by atoms with van der Waals surface area (Å²) in [6, 6.07) is 4.98. The molecule has 0 saturated heterocycles. The smallest absolute Gasteiger partial charge is 0.287 e. The zero-order valence-corrected chi connectivity index (χ0v) is 10.3. The minimum Gasteiger partial charge on any atom is -0.459 e. The average Bonchev–Trinajstić information content (AvgIpc) is 3.05. The molecule has 0 spiro atoms. The quantitative estimate of drug-likeness (QED) is 0.804. The zero-order chi connectivity index (χ0) is 12.8. The normalized spacial score (nSPS) is 10.0. The van der Waals surface area contributed by atoms with E-state index in [4.69, 9.17) is 4.42 Å². The summed E-state index contributed by atoms with van der Waals surface area (Å²) < 4.78 is 4.93. The second-order valence-corrected chi connectivity index (χ2v) is 4.28. The number of rotatable bonds is 5. The van der Waals surface area contributed by atoms with E-state index in [9.17, 15) is 9.59 Å². The van der Waals surface area contributed by atoms with Crippen molar-refractivity contribution in [3.05, 3.63) is 46.5 Å². The molecule has 0 unspecified atom stereocenters. The Morgan fingerprint density at radius 3 is 2.56 bits per heavy atom. The van der Waals surface area contributed by atoms with Gasteiger partial charge >= 0.3 is 0 Å². The molecule has 2 aromatic heterocycles. The topological polar surface area (TPSA) is 71.3 Å². The minimum atomic E-state index is -0.287. The van der Waals surface area contributed by atoms with Crippen molar-refractivity contribution in [3.63, 3.8) is 0 Å². The molecule has 0 aliphatic rings. The SMILES string of the molecule is O=C(NCCNC(=O)c1ccco1)c1ccsc1. The second-order valence-electron chi connectivity index (χ2n) is 3.50. The van der Waals surface area contributed by atoms with E-state index in [-0.39, 0.29) is 17.6 Å².